The predicted molar refractivity (Wildman–Crippen MR) is 107 cm³/mol. The first-order chi connectivity index (χ1) is 13.0. The summed E-state index contributed by atoms with van der Waals surface area (Å²) in [5.41, 5.74) is 7.35. The highest BCUT2D eigenvalue weighted by molar-refractivity contribution is 5.95. The van der Waals surface area contributed by atoms with Crippen LogP contribution in [0, 0.1) is 20.8 Å². The lowest BCUT2D eigenvalue weighted by Gasteiger charge is -2.35. The Hall–Kier alpha value is -2.69. The van der Waals surface area contributed by atoms with E-state index >= 15 is 0 Å². The minimum absolute atomic E-state index is 0.185. The largest absolute Gasteiger partial charge is 0.309 e. The third-order valence-corrected chi connectivity index (χ3v) is 5.67. The summed E-state index contributed by atoms with van der Waals surface area (Å²) in [5.74, 6) is 0.185. The fraction of sp³-hybridized carbons (Fsp3) is 0.409. The molecule has 3 aromatic rings. The molecule has 0 N–H and O–H groups in total. The summed E-state index contributed by atoms with van der Waals surface area (Å²) in [4.78, 5) is 19.8. The van der Waals surface area contributed by atoms with E-state index in [4.69, 9.17) is 0 Å². The van der Waals surface area contributed by atoms with E-state index in [1.54, 1.807) is 0 Å². The predicted octanol–water partition coefficient (Wildman–Crippen LogP) is 3.96. The molecule has 4 rings (SSSR count). The van der Waals surface area contributed by atoms with Crippen LogP contribution in [0.5, 0.6) is 0 Å². The second-order valence-electron chi connectivity index (χ2n) is 7.60. The lowest BCUT2D eigenvalue weighted by Crippen LogP contribution is -2.42. The van der Waals surface area contributed by atoms with E-state index < -0.39 is 0 Å². The second kappa shape index (κ2) is 6.80. The van der Waals surface area contributed by atoms with Gasteiger partial charge < -0.3 is 4.90 Å². The highest BCUT2D eigenvalue weighted by Crippen LogP contribution is 2.31. The van der Waals surface area contributed by atoms with Gasteiger partial charge in [0.25, 0.3) is 0 Å². The summed E-state index contributed by atoms with van der Waals surface area (Å²) < 4.78 is 1.89. The maximum Gasteiger partial charge on any atom is 0.227 e. The van der Waals surface area contributed by atoms with Crippen LogP contribution in [0.2, 0.25) is 0 Å². The minimum atomic E-state index is 0.185. The molecule has 0 saturated heterocycles. The third kappa shape index (κ3) is 3.11. The maximum atomic E-state index is 13.1. The van der Waals surface area contributed by atoms with E-state index in [9.17, 15) is 4.79 Å². The van der Waals surface area contributed by atoms with Crippen molar-refractivity contribution in [1.29, 1.82) is 0 Å². The van der Waals surface area contributed by atoms with Gasteiger partial charge >= 0.3 is 0 Å². The lowest BCUT2D eigenvalue weighted by atomic mass is 9.95. The average molecular weight is 362 g/mol. The first-order valence-corrected chi connectivity index (χ1v) is 9.68. The number of benzene rings is 1. The van der Waals surface area contributed by atoms with Crippen molar-refractivity contribution in [2.24, 2.45) is 0 Å². The molecule has 3 heterocycles. The van der Waals surface area contributed by atoms with Gasteiger partial charge in [-0.25, -0.2) is 9.50 Å². The number of para-hydroxylation sites is 1. The molecule has 0 bridgehead atoms. The molecule has 140 valence electrons. The summed E-state index contributed by atoms with van der Waals surface area (Å²) in [7, 11) is 0. The zero-order valence-corrected chi connectivity index (χ0v) is 16.5. The Morgan fingerprint density at radius 2 is 2.00 bits per heavy atom. The third-order valence-electron chi connectivity index (χ3n) is 5.67. The van der Waals surface area contributed by atoms with Crippen LogP contribution < -0.4 is 4.90 Å². The molecule has 0 spiro atoms. The van der Waals surface area contributed by atoms with Crippen LogP contribution in [0.4, 0.5) is 5.69 Å². The SMILES string of the molecule is Cc1cc2nc(C)c(CCC(=O)N3c4ccccc4CC[C@H]3C)c(C)n2n1. The number of anilines is 1. The monoisotopic (exact) mass is 362 g/mol. The molecular formula is C22H26N4O. The van der Waals surface area contributed by atoms with Gasteiger partial charge in [0.2, 0.25) is 5.91 Å². The number of hydrogen-bond donors (Lipinski definition) is 0. The molecule has 2 aromatic heterocycles. The number of hydrogen-bond acceptors (Lipinski definition) is 3. The van der Waals surface area contributed by atoms with Crippen molar-refractivity contribution in [2.45, 2.75) is 59.4 Å². The molecule has 27 heavy (non-hydrogen) atoms. The highest BCUT2D eigenvalue weighted by Gasteiger charge is 2.27. The van der Waals surface area contributed by atoms with Gasteiger partial charge in [0, 0.05) is 35.6 Å². The number of nitrogens with zero attached hydrogens (tertiary/aromatic N) is 4. The standard InChI is InChI=1S/C22H26N4O/c1-14-13-21-23-16(3)19(17(4)26(21)24-14)11-12-22(27)25-15(2)9-10-18-7-5-6-8-20(18)25/h5-8,13,15H,9-12H2,1-4H3/t15-/m1/s1. The molecule has 0 aliphatic carbocycles. The molecule has 1 aliphatic rings. The Kier molecular flexibility index (Phi) is 4.46. The van der Waals surface area contributed by atoms with Gasteiger partial charge in [0.1, 0.15) is 0 Å². The van der Waals surface area contributed by atoms with Crippen molar-refractivity contribution in [2.75, 3.05) is 4.90 Å². The first kappa shape index (κ1) is 17.7. The minimum Gasteiger partial charge on any atom is -0.309 e. The number of carbonyl (C=O) groups is 1. The number of rotatable bonds is 3. The number of carbonyl (C=O) groups excluding carboxylic acids is 1. The van der Waals surface area contributed by atoms with Crippen molar-refractivity contribution in [3.63, 3.8) is 0 Å². The van der Waals surface area contributed by atoms with E-state index in [0.717, 1.165) is 46.8 Å². The Morgan fingerprint density at radius 3 is 2.81 bits per heavy atom. The van der Waals surface area contributed by atoms with Crippen molar-refractivity contribution >= 4 is 17.2 Å². The van der Waals surface area contributed by atoms with Crippen molar-refractivity contribution < 1.29 is 4.79 Å². The van der Waals surface area contributed by atoms with E-state index in [2.05, 4.69) is 42.1 Å². The quantitative estimate of drug-likeness (QED) is 0.709. The van der Waals surface area contributed by atoms with Gasteiger partial charge in [-0.05, 0) is 64.2 Å². The van der Waals surface area contributed by atoms with Crippen LogP contribution in [-0.4, -0.2) is 26.5 Å². The molecule has 1 amide bonds. The highest BCUT2D eigenvalue weighted by atomic mass is 16.2. The van der Waals surface area contributed by atoms with E-state index in [1.165, 1.54) is 5.56 Å². The molecule has 5 heteroatoms. The molecular weight excluding hydrogens is 336 g/mol. The topological polar surface area (TPSA) is 50.5 Å². The van der Waals surface area contributed by atoms with Gasteiger partial charge in [-0.2, -0.15) is 5.10 Å². The molecule has 1 aromatic carbocycles. The van der Waals surface area contributed by atoms with Gasteiger partial charge in [0.05, 0.1) is 5.69 Å². The smallest absolute Gasteiger partial charge is 0.227 e. The van der Waals surface area contributed by atoms with E-state index in [0.29, 0.717) is 12.8 Å². The average Bonchev–Trinajstić information content (AvgIpc) is 3.01. The molecule has 0 unspecified atom stereocenters. The van der Waals surface area contributed by atoms with Crippen LogP contribution in [0.15, 0.2) is 30.3 Å². The molecule has 1 aliphatic heterocycles. The number of aromatic nitrogens is 3. The van der Waals surface area contributed by atoms with Crippen LogP contribution in [0.3, 0.4) is 0 Å². The fourth-order valence-corrected chi connectivity index (χ4v) is 4.22. The van der Waals surface area contributed by atoms with Crippen molar-refractivity contribution in [1.82, 2.24) is 14.6 Å². The molecule has 5 nitrogen and oxygen atoms in total. The molecule has 0 radical (unpaired) electrons. The zero-order valence-electron chi connectivity index (χ0n) is 16.5. The fourth-order valence-electron chi connectivity index (χ4n) is 4.22. The summed E-state index contributed by atoms with van der Waals surface area (Å²) in [5, 5.41) is 4.53. The Labute approximate surface area is 160 Å². The van der Waals surface area contributed by atoms with Gasteiger partial charge in [-0.3, -0.25) is 4.79 Å². The molecule has 0 saturated carbocycles. The Balaban J connectivity index is 1.59. The number of fused-ring (bicyclic) bond motifs is 2. The number of aryl methyl sites for hydroxylation is 4. The maximum absolute atomic E-state index is 13.1. The summed E-state index contributed by atoms with van der Waals surface area (Å²) >= 11 is 0. The van der Waals surface area contributed by atoms with Gasteiger partial charge in [-0.15, -0.1) is 0 Å². The van der Waals surface area contributed by atoms with Crippen LogP contribution in [0.1, 0.15) is 48.0 Å². The van der Waals surface area contributed by atoms with Crippen LogP contribution >= 0.6 is 0 Å². The summed E-state index contributed by atoms with van der Waals surface area (Å²) in [6.45, 7) is 8.20. The van der Waals surface area contributed by atoms with E-state index in [-0.39, 0.29) is 11.9 Å². The van der Waals surface area contributed by atoms with Gasteiger partial charge in [0.15, 0.2) is 5.65 Å². The van der Waals surface area contributed by atoms with Crippen LogP contribution in [-0.2, 0) is 17.6 Å². The molecule has 0 fully saturated rings. The van der Waals surface area contributed by atoms with E-state index in [1.807, 2.05) is 35.4 Å². The van der Waals surface area contributed by atoms with Crippen molar-refractivity contribution in [3.8, 4) is 0 Å². The summed E-state index contributed by atoms with van der Waals surface area (Å²) in [6.07, 6.45) is 3.22. The Bertz CT molecular complexity index is 1020. The van der Waals surface area contributed by atoms with Crippen molar-refractivity contribution in [3.05, 3.63) is 58.5 Å². The molecule has 1 atom stereocenters. The normalized spacial score (nSPS) is 16.6. The second-order valence-corrected chi connectivity index (χ2v) is 7.60. The summed E-state index contributed by atoms with van der Waals surface area (Å²) in [6, 6.07) is 10.5. The Morgan fingerprint density at radius 1 is 1.22 bits per heavy atom. The van der Waals surface area contributed by atoms with Crippen LogP contribution in [0.25, 0.3) is 5.65 Å². The lowest BCUT2D eigenvalue weighted by molar-refractivity contribution is -0.119. The zero-order chi connectivity index (χ0) is 19.1. The first-order valence-electron chi connectivity index (χ1n) is 9.68. The van der Waals surface area contributed by atoms with Gasteiger partial charge in [-0.1, -0.05) is 18.2 Å². The number of amides is 1.